The van der Waals surface area contributed by atoms with E-state index in [1.807, 2.05) is 18.2 Å². The first kappa shape index (κ1) is 14.4. The number of hydrogen-bond donors (Lipinski definition) is 0. The number of methoxy groups -OCH3 is 1. The van der Waals surface area contributed by atoms with E-state index in [2.05, 4.69) is 0 Å². The van der Waals surface area contributed by atoms with Crippen molar-refractivity contribution in [1.82, 2.24) is 4.90 Å². The maximum atomic E-state index is 12.3. The quantitative estimate of drug-likeness (QED) is 0.836. The molecular formula is C14H14F3NO2. The molecule has 0 radical (unpaired) electrons. The monoisotopic (exact) mass is 285 g/mol. The van der Waals surface area contributed by atoms with Crippen molar-refractivity contribution in [3.63, 3.8) is 0 Å². The number of nitrogens with zero attached hydrogens (tertiary/aromatic N) is 1. The number of ether oxygens (including phenoxy) is 1. The normalized spacial score (nSPS) is 15.8. The maximum absolute atomic E-state index is 12.3. The first-order valence-corrected chi connectivity index (χ1v) is 6.12. The number of benzene rings is 1. The minimum atomic E-state index is -4.81. The van der Waals surface area contributed by atoms with Crippen molar-refractivity contribution in [3.8, 4) is 5.75 Å². The summed E-state index contributed by atoms with van der Waals surface area (Å²) in [5, 5.41) is 0. The Labute approximate surface area is 114 Å². The van der Waals surface area contributed by atoms with Gasteiger partial charge in [-0.2, -0.15) is 13.2 Å². The summed E-state index contributed by atoms with van der Waals surface area (Å²) in [5.41, 5.74) is 1.75. The molecule has 0 fully saturated rings. The van der Waals surface area contributed by atoms with Gasteiger partial charge in [-0.15, -0.1) is 0 Å². The van der Waals surface area contributed by atoms with E-state index in [0.717, 1.165) is 16.0 Å². The zero-order valence-corrected chi connectivity index (χ0v) is 10.9. The van der Waals surface area contributed by atoms with Crippen LogP contribution in [-0.2, 0) is 4.79 Å². The van der Waals surface area contributed by atoms with Crippen LogP contribution >= 0.6 is 0 Å². The molecule has 108 valence electrons. The van der Waals surface area contributed by atoms with Crippen molar-refractivity contribution in [2.75, 3.05) is 20.2 Å². The summed E-state index contributed by atoms with van der Waals surface area (Å²) in [5.74, 6) is -1.11. The van der Waals surface area contributed by atoms with E-state index in [-0.39, 0.29) is 13.1 Å². The van der Waals surface area contributed by atoms with E-state index in [4.69, 9.17) is 4.74 Å². The summed E-state index contributed by atoms with van der Waals surface area (Å²) in [4.78, 5) is 11.9. The molecule has 0 unspecified atom stereocenters. The molecule has 1 aromatic rings. The fourth-order valence-electron chi connectivity index (χ4n) is 2.19. The number of alkyl halides is 3. The lowest BCUT2D eigenvalue weighted by Crippen LogP contribution is -2.43. The van der Waals surface area contributed by atoms with Gasteiger partial charge in [-0.1, -0.05) is 24.3 Å². The van der Waals surface area contributed by atoms with Crippen LogP contribution < -0.4 is 4.74 Å². The molecule has 1 aromatic carbocycles. The standard InChI is InChI=1S/C14H14F3NO2/c1-20-12-5-3-2-4-11(12)10-6-8-18(9-7-10)13(19)14(15,16)17/h2-6H,7-9H2,1H3. The number of hydrogen-bond acceptors (Lipinski definition) is 2. The highest BCUT2D eigenvalue weighted by Gasteiger charge is 2.42. The van der Waals surface area contributed by atoms with Crippen LogP contribution in [0.5, 0.6) is 5.75 Å². The second-order valence-corrected chi connectivity index (χ2v) is 4.43. The van der Waals surface area contributed by atoms with E-state index in [1.165, 1.54) is 0 Å². The van der Waals surface area contributed by atoms with Gasteiger partial charge < -0.3 is 9.64 Å². The predicted octanol–water partition coefficient (Wildman–Crippen LogP) is 2.87. The zero-order chi connectivity index (χ0) is 14.8. The van der Waals surface area contributed by atoms with Gasteiger partial charge >= 0.3 is 12.1 Å². The van der Waals surface area contributed by atoms with Crippen molar-refractivity contribution in [2.45, 2.75) is 12.6 Å². The first-order valence-electron chi connectivity index (χ1n) is 6.12. The van der Waals surface area contributed by atoms with E-state index >= 15 is 0 Å². The minimum Gasteiger partial charge on any atom is -0.496 e. The number of para-hydroxylation sites is 1. The molecule has 1 aliphatic rings. The largest absolute Gasteiger partial charge is 0.496 e. The summed E-state index contributed by atoms with van der Waals surface area (Å²) in [6, 6.07) is 7.31. The van der Waals surface area contributed by atoms with Crippen molar-refractivity contribution in [3.05, 3.63) is 35.9 Å². The molecule has 0 N–H and O–H groups in total. The van der Waals surface area contributed by atoms with E-state index in [9.17, 15) is 18.0 Å². The van der Waals surface area contributed by atoms with Crippen LogP contribution in [0.2, 0.25) is 0 Å². The molecule has 1 heterocycles. The Morgan fingerprint density at radius 1 is 1.30 bits per heavy atom. The lowest BCUT2D eigenvalue weighted by Gasteiger charge is -2.27. The summed E-state index contributed by atoms with van der Waals surface area (Å²) in [7, 11) is 1.54. The van der Waals surface area contributed by atoms with Crippen LogP contribution in [0.4, 0.5) is 13.2 Å². The van der Waals surface area contributed by atoms with Gasteiger partial charge in [0.25, 0.3) is 0 Å². The molecule has 0 aromatic heterocycles. The number of carbonyl (C=O) groups excluding carboxylic acids is 1. The fraction of sp³-hybridized carbons (Fsp3) is 0.357. The van der Waals surface area contributed by atoms with Crippen molar-refractivity contribution < 1.29 is 22.7 Å². The second kappa shape index (κ2) is 5.56. The third-order valence-electron chi connectivity index (χ3n) is 3.19. The van der Waals surface area contributed by atoms with Crippen LogP contribution in [0.15, 0.2) is 30.3 Å². The van der Waals surface area contributed by atoms with Crippen molar-refractivity contribution >= 4 is 11.5 Å². The van der Waals surface area contributed by atoms with Gasteiger partial charge in [0.15, 0.2) is 0 Å². The Hall–Kier alpha value is -1.98. The van der Waals surface area contributed by atoms with Crippen LogP contribution in [0.25, 0.3) is 5.57 Å². The average molecular weight is 285 g/mol. The molecule has 0 aliphatic carbocycles. The summed E-state index contributed by atoms with van der Waals surface area (Å²) in [6.45, 7) is 0.0218. The SMILES string of the molecule is COc1ccccc1C1=CCN(C(=O)C(F)(F)F)CC1. The number of carbonyl (C=O) groups is 1. The van der Waals surface area contributed by atoms with E-state index in [1.54, 1.807) is 19.3 Å². The Bertz CT molecular complexity index is 537. The van der Waals surface area contributed by atoms with Gasteiger partial charge in [-0.25, -0.2) is 0 Å². The number of rotatable bonds is 2. The Balaban J connectivity index is 2.16. The molecule has 1 amide bonds. The van der Waals surface area contributed by atoms with Gasteiger partial charge in [0.2, 0.25) is 0 Å². The van der Waals surface area contributed by atoms with Crippen LogP contribution in [-0.4, -0.2) is 37.2 Å². The Morgan fingerprint density at radius 2 is 2.00 bits per heavy atom. The minimum absolute atomic E-state index is 0.0360. The van der Waals surface area contributed by atoms with Crippen molar-refractivity contribution in [1.29, 1.82) is 0 Å². The molecule has 0 spiro atoms. The highest BCUT2D eigenvalue weighted by atomic mass is 19.4. The molecule has 6 heteroatoms. The van der Waals surface area contributed by atoms with E-state index < -0.39 is 12.1 Å². The molecule has 2 rings (SSSR count). The average Bonchev–Trinajstić information content (AvgIpc) is 2.45. The Kier molecular flexibility index (Phi) is 4.01. The van der Waals surface area contributed by atoms with Gasteiger partial charge in [0.05, 0.1) is 7.11 Å². The number of amides is 1. The highest BCUT2D eigenvalue weighted by Crippen LogP contribution is 2.31. The van der Waals surface area contributed by atoms with E-state index in [0.29, 0.717) is 12.2 Å². The topological polar surface area (TPSA) is 29.5 Å². The molecule has 3 nitrogen and oxygen atoms in total. The molecule has 0 saturated heterocycles. The molecule has 0 atom stereocenters. The summed E-state index contributed by atoms with van der Waals surface area (Å²) in [6.07, 6.45) is -2.79. The zero-order valence-electron chi connectivity index (χ0n) is 10.9. The maximum Gasteiger partial charge on any atom is 0.471 e. The molecular weight excluding hydrogens is 271 g/mol. The Morgan fingerprint density at radius 3 is 2.55 bits per heavy atom. The lowest BCUT2D eigenvalue weighted by atomic mass is 9.98. The van der Waals surface area contributed by atoms with Crippen LogP contribution in [0.1, 0.15) is 12.0 Å². The van der Waals surface area contributed by atoms with Gasteiger partial charge in [-0.05, 0) is 18.1 Å². The molecule has 0 bridgehead atoms. The van der Waals surface area contributed by atoms with Gasteiger partial charge in [-0.3, -0.25) is 4.79 Å². The van der Waals surface area contributed by atoms with Gasteiger partial charge in [0, 0.05) is 18.7 Å². The molecule has 0 saturated carbocycles. The molecule has 20 heavy (non-hydrogen) atoms. The predicted molar refractivity (Wildman–Crippen MR) is 68.2 cm³/mol. The first-order chi connectivity index (χ1) is 9.43. The summed E-state index contributed by atoms with van der Waals surface area (Å²) < 4.78 is 42.2. The second-order valence-electron chi connectivity index (χ2n) is 4.43. The third kappa shape index (κ3) is 2.95. The lowest BCUT2D eigenvalue weighted by molar-refractivity contribution is -0.185. The highest BCUT2D eigenvalue weighted by molar-refractivity contribution is 5.83. The third-order valence-corrected chi connectivity index (χ3v) is 3.19. The molecule has 1 aliphatic heterocycles. The van der Waals surface area contributed by atoms with Crippen LogP contribution in [0.3, 0.4) is 0 Å². The summed E-state index contributed by atoms with van der Waals surface area (Å²) >= 11 is 0. The van der Waals surface area contributed by atoms with Crippen molar-refractivity contribution in [2.24, 2.45) is 0 Å². The number of halogens is 3. The van der Waals surface area contributed by atoms with Crippen LogP contribution in [0, 0.1) is 0 Å². The van der Waals surface area contributed by atoms with Gasteiger partial charge in [0.1, 0.15) is 5.75 Å². The smallest absolute Gasteiger partial charge is 0.471 e. The fourth-order valence-corrected chi connectivity index (χ4v) is 2.19.